The van der Waals surface area contributed by atoms with E-state index in [0.29, 0.717) is 16.7 Å². The number of fused-ring (bicyclic) bond motifs is 1. The van der Waals surface area contributed by atoms with Crippen LogP contribution in [0.25, 0.3) is 22.4 Å². The van der Waals surface area contributed by atoms with E-state index in [9.17, 15) is 13.6 Å². The summed E-state index contributed by atoms with van der Waals surface area (Å²) in [6, 6.07) is 10.9. The third kappa shape index (κ3) is 3.54. The third-order valence-corrected chi connectivity index (χ3v) is 4.47. The van der Waals surface area contributed by atoms with Crippen molar-refractivity contribution in [3.63, 3.8) is 0 Å². The number of halogens is 4. The molecule has 0 spiro atoms. The van der Waals surface area contributed by atoms with E-state index in [1.165, 1.54) is 12.1 Å². The van der Waals surface area contributed by atoms with Crippen molar-refractivity contribution in [1.82, 2.24) is 15.0 Å². The van der Waals surface area contributed by atoms with E-state index in [2.05, 4.69) is 20.3 Å². The van der Waals surface area contributed by atoms with Gasteiger partial charge in [0.25, 0.3) is 5.91 Å². The van der Waals surface area contributed by atoms with E-state index in [1.807, 2.05) is 0 Å². The summed E-state index contributed by atoms with van der Waals surface area (Å²) in [4.78, 5) is 23.5. The predicted octanol–water partition coefficient (Wildman–Crippen LogP) is 5.46. The lowest BCUT2D eigenvalue weighted by Gasteiger charge is -2.06. The number of aromatic nitrogens is 3. The molecule has 28 heavy (non-hydrogen) atoms. The Morgan fingerprint density at radius 1 is 1.00 bits per heavy atom. The van der Waals surface area contributed by atoms with Crippen LogP contribution in [0, 0.1) is 11.6 Å². The maximum Gasteiger partial charge on any atom is 0.275 e. The average molecular weight is 419 g/mol. The maximum atomic E-state index is 14.0. The molecule has 0 unspecified atom stereocenters. The lowest BCUT2D eigenvalue weighted by molar-refractivity contribution is 0.102. The molecule has 2 aromatic heterocycles. The van der Waals surface area contributed by atoms with Gasteiger partial charge in [-0.3, -0.25) is 4.79 Å². The summed E-state index contributed by atoms with van der Waals surface area (Å²) in [5.74, 6) is -1.54. The highest BCUT2D eigenvalue weighted by Crippen LogP contribution is 2.26. The second kappa shape index (κ2) is 7.18. The molecule has 0 aliphatic rings. The number of nitrogens with one attached hydrogen (secondary N) is 2. The molecule has 2 heterocycles. The van der Waals surface area contributed by atoms with E-state index in [1.54, 1.807) is 18.2 Å². The summed E-state index contributed by atoms with van der Waals surface area (Å²) >= 11 is 11.8. The Morgan fingerprint density at radius 2 is 1.82 bits per heavy atom. The Kier molecular flexibility index (Phi) is 4.70. The minimum atomic E-state index is -0.601. The van der Waals surface area contributed by atoms with E-state index in [4.69, 9.17) is 23.2 Å². The zero-order valence-corrected chi connectivity index (χ0v) is 15.4. The van der Waals surface area contributed by atoms with Crippen molar-refractivity contribution in [1.29, 1.82) is 0 Å². The molecule has 5 nitrogen and oxygen atoms in total. The smallest absolute Gasteiger partial charge is 0.275 e. The van der Waals surface area contributed by atoms with Crippen LogP contribution in [-0.2, 0) is 0 Å². The standard InChI is InChI=1S/C19H10Cl2F2N4O/c20-12-3-6-16(21)27-17(12)19(28)24-10-2-5-14-15(8-10)26-18(25-14)11-7-9(22)1-4-13(11)23/h1-8H,(H,24,28)(H,25,26). The average Bonchev–Trinajstić information content (AvgIpc) is 3.08. The molecule has 2 aromatic carbocycles. The quantitative estimate of drug-likeness (QED) is 0.433. The zero-order chi connectivity index (χ0) is 19.8. The van der Waals surface area contributed by atoms with Crippen molar-refractivity contribution in [3.05, 3.63) is 76.0 Å². The van der Waals surface area contributed by atoms with Gasteiger partial charge >= 0.3 is 0 Å². The Bertz CT molecular complexity index is 1230. The Morgan fingerprint density at radius 3 is 2.64 bits per heavy atom. The molecule has 1 amide bonds. The minimum Gasteiger partial charge on any atom is -0.338 e. The number of imidazole rings is 1. The number of anilines is 1. The molecule has 0 bridgehead atoms. The summed E-state index contributed by atoms with van der Waals surface area (Å²) in [5, 5.41) is 2.96. The molecule has 0 saturated heterocycles. The van der Waals surface area contributed by atoms with Crippen LogP contribution in [0.4, 0.5) is 14.5 Å². The summed E-state index contributed by atoms with van der Waals surface area (Å²) in [6.45, 7) is 0. The van der Waals surface area contributed by atoms with E-state index < -0.39 is 17.5 Å². The fourth-order valence-electron chi connectivity index (χ4n) is 2.66. The zero-order valence-electron chi connectivity index (χ0n) is 13.9. The van der Waals surface area contributed by atoms with Crippen LogP contribution in [0.1, 0.15) is 10.5 Å². The number of carbonyl (C=O) groups is 1. The van der Waals surface area contributed by atoms with Crippen LogP contribution in [0.5, 0.6) is 0 Å². The lowest BCUT2D eigenvalue weighted by Crippen LogP contribution is -2.14. The molecule has 4 aromatic rings. The van der Waals surface area contributed by atoms with Crippen molar-refractivity contribution in [2.45, 2.75) is 0 Å². The number of benzene rings is 2. The van der Waals surface area contributed by atoms with Crippen LogP contribution in [-0.4, -0.2) is 20.9 Å². The van der Waals surface area contributed by atoms with E-state index >= 15 is 0 Å². The van der Waals surface area contributed by atoms with Gasteiger partial charge in [0.05, 0.1) is 21.6 Å². The SMILES string of the molecule is O=C(Nc1ccc2nc(-c3cc(F)ccc3F)[nH]c2c1)c1nc(Cl)ccc1Cl. The second-order valence-corrected chi connectivity index (χ2v) is 6.65. The number of hydrogen-bond donors (Lipinski definition) is 2. The number of amides is 1. The Hall–Kier alpha value is -3.03. The van der Waals surface area contributed by atoms with Gasteiger partial charge in [0.2, 0.25) is 0 Å². The maximum absolute atomic E-state index is 14.0. The van der Waals surface area contributed by atoms with Crippen molar-refractivity contribution in [3.8, 4) is 11.4 Å². The first-order chi connectivity index (χ1) is 13.4. The molecular weight excluding hydrogens is 409 g/mol. The second-order valence-electron chi connectivity index (χ2n) is 5.86. The summed E-state index contributed by atoms with van der Waals surface area (Å²) in [5.41, 5.74) is 1.49. The monoisotopic (exact) mass is 418 g/mol. The largest absolute Gasteiger partial charge is 0.338 e. The summed E-state index contributed by atoms with van der Waals surface area (Å²) in [7, 11) is 0. The minimum absolute atomic E-state index is 0.0108. The molecule has 4 rings (SSSR count). The number of nitrogens with zero attached hydrogens (tertiary/aromatic N) is 2. The van der Waals surface area contributed by atoms with Gasteiger partial charge in [-0.2, -0.15) is 0 Å². The highest BCUT2D eigenvalue weighted by Gasteiger charge is 2.15. The van der Waals surface area contributed by atoms with Crippen molar-refractivity contribution in [2.24, 2.45) is 0 Å². The molecule has 0 aliphatic carbocycles. The van der Waals surface area contributed by atoms with Gasteiger partial charge in [-0.15, -0.1) is 0 Å². The van der Waals surface area contributed by atoms with Crippen molar-refractivity contribution < 1.29 is 13.6 Å². The lowest BCUT2D eigenvalue weighted by atomic mass is 10.2. The number of carbonyl (C=O) groups excluding carboxylic acids is 1. The molecule has 9 heteroatoms. The van der Waals surface area contributed by atoms with Crippen molar-refractivity contribution in [2.75, 3.05) is 5.32 Å². The van der Waals surface area contributed by atoms with Crippen LogP contribution in [0.15, 0.2) is 48.5 Å². The number of H-pyrrole nitrogens is 1. The molecular formula is C19H10Cl2F2N4O. The fraction of sp³-hybridized carbons (Fsp3) is 0. The molecule has 140 valence electrons. The molecule has 0 saturated carbocycles. The summed E-state index contributed by atoms with van der Waals surface area (Å²) < 4.78 is 27.4. The number of pyridine rings is 1. The molecule has 2 N–H and O–H groups in total. The van der Waals surface area contributed by atoms with Gasteiger partial charge < -0.3 is 10.3 Å². The Labute approximate surface area is 167 Å². The number of rotatable bonds is 3. The summed E-state index contributed by atoms with van der Waals surface area (Å²) in [6.07, 6.45) is 0. The normalized spacial score (nSPS) is 11.0. The molecule has 0 atom stereocenters. The van der Waals surface area contributed by atoms with Crippen LogP contribution >= 0.6 is 23.2 Å². The molecule has 0 radical (unpaired) electrons. The van der Waals surface area contributed by atoms with E-state index in [-0.39, 0.29) is 27.3 Å². The first-order valence-corrected chi connectivity index (χ1v) is 8.75. The molecule has 0 aliphatic heterocycles. The first kappa shape index (κ1) is 18.3. The molecule has 0 fully saturated rings. The number of aromatic amines is 1. The third-order valence-electron chi connectivity index (χ3n) is 3.95. The van der Waals surface area contributed by atoms with Gasteiger partial charge in [0.15, 0.2) is 0 Å². The van der Waals surface area contributed by atoms with Gasteiger partial charge in [-0.05, 0) is 48.5 Å². The van der Waals surface area contributed by atoms with Gasteiger partial charge in [0, 0.05) is 5.69 Å². The predicted molar refractivity (Wildman–Crippen MR) is 104 cm³/mol. The van der Waals surface area contributed by atoms with Gasteiger partial charge in [-0.1, -0.05) is 23.2 Å². The highest BCUT2D eigenvalue weighted by atomic mass is 35.5. The van der Waals surface area contributed by atoms with Gasteiger partial charge in [-0.25, -0.2) is 18.7 Å². The first-order valence-electron chi connectivity index (χ1n) is 7.99. The van der Waals surface area contributed by atoms with Crippen LogP contribution in [0.2, 0.25) is 10.2 Å². The van der Waals surface area contributed by atoms with Crippen molar-refractivity contribution >= 4 is 45.8 Å². The topological polar surface area (TPSA) is 70.7 Å². The Balaban J connectivity index is 1.66. The highest BCUT2D eigenvalue weighted by molar-refractivity contribution is 6.35. The van der Waals surface area contributed by atoms with Gasteiger partial charge in [0.1, 0.15) is 28.3 Å². The van der Waals surface area contributed by atoms with Crippen LogP contribution in [0.3, 0.4) is 0 Å². The van der Waals surface area contributed by atoms with E-state index in [0.717, 1.165) is 18.2 Å². The number of hydrogen-bond acceptors (Lipinski definition) is 3. The van der Waals surface area contributed by atoms with Crippen LogP contribution < -0.4 is 5.32 Å². The fourth-order valence-corrected chi connectivity index (χ4v) is 3.00.